The van der Waals surface area contributed by atoms with Crippen LogP contribution in [0.3, 0.4) is 0 Å². The molecular formula is C21H19ClN2O3S2. The third kappa shape index (κ3) is 5.12. The van der Waals surface area contributed by atoms with E-state index in [9.17, 15) is 13.2 Å². The van der Waals surface area contributed by atoms with Crippen molar-refractivity contribution in [1.29, 1.82) is 0 Å². The zero-order valence-corrected chi connectivity index (χ0v) is 18.0. The molecule has 0 aliphatic heterocycles. The highest BCUT2D eigenvalue weighted by atomic mass is 35.5. The van der Waals surface area contributed by atoms with E-state index in [-0.39, 0.29) is 15.6 Å². The summed E-state index contributed by atoms with van der Waals surface area (Å²) in [5.74, 6) is -0.470. The molecule has 0 unspecified atom stereocenters. The maximum Gasteiger partial charge on any atom is 0.264 e. The van der Waals surface area contributed by atoms with Crippen LogP contribution in [-0.2, 0) is 14.8 Å². The highest BCUT2D eigenvalue weighted by Gasteiger charge is 2.28. The normalized spacial score (nSPS) is 11.1. The van der Waals surface area contributed by atoms with Crippen molar-refractivity contribution >= 4 is 50.7 Å². The molecule has 0 aliphatic carbocycles. The molecule has 1 amide bonds. The number of para-hydroxylation sites is 1. The average molecular weight is 447 g/mol. The Kier molecular flexibility index (Phi) is 6.84. The lowest BCUT2D eigenvalue weighted by atomic mass is 10.3. The van der Waals surface area contributed by atoms with Gasteiger partial charge in [0.15, 0.2) is 0 Å². The number of hydrogen-bond donors (Lipinski definition) is 1. The first kappa shape index (κ1) is 21.2. The van der Waals surface area contributed by atoms with Crippen LogP contribution in [0.5, 0.6) is 0 Å². The van der Waals surface area contributed by atoms with Crippen molar-refractivity contribution in [2.24, 2.45) is 0 Å². The maximum atomic E-state index is 13.3. The van der Waals surface area contributed by atoms with E-state index in [0.29, 0.717) is 5.69 Å². The van der Waals surface area contributed by atoms with Gasteiger partial charge in [-0.2, -0.15) is 0 Å². The lowest BCUT2D eigenvalue weighted by Crippen LogP contribution is -2.38. The van der Waals surface area contributed by atoms with Crippen molar-refractivity contribution in [2.45, 2.75) is 9.79 Å². The summed E-state index contributed by atoms with van der Waals surface area (Å²) >= 11 is 7.80. The molecule has 0 saturated heterocycles. The minimum absolute atomic E-state index is 0.0806. The summed E-state index contributed by atoms with van der Waals surface area (Å²) in [6.45, 7) is -0.412. The van der Waals surface area contributed by atoms with Crippen LogP contribution in [0.15, 0.2) is 88.7 Å². The molecule has 0 bridgehead atoms. The zero-order chi connectivity index (χ0) is 20.9. The number of carbonyl (C=O) groups excluding carboxylic acids is 1. The van der Waals surface area contributed by atoms with Crippen LogP contribution < -0.4 is 9.62 Å². The standard InChI is InChI=1S/C21H19ClN2O3S2/c1-28-17-9-7-8-16(14-17)23-21(25)15-24(20-13-6-5-12-19(20)22)29(26,27)18-10-3-2-4-11-18/h2-14H,15H2,1H3,(H,23,25). The van der Waals surface area contributed by atoms with Gasteiger partial charge in [0.05, 0.1) is 15.6 Å². The van der Waals surface area contributed by atoms with Gasteiger partial charge < -0.3 is 5.32 Å². The molecule has 5 nitrogen and oxygen atoms in total. The first-order chi connectivity index (χ1) is 13.9. The summed E-state index contributed by atoms with van der Waals surface area (Å²) in [5.41, 5.74) is 0.837. The first-order valence-electron chi connectivity index (χ1n) is 8.68. The Labute approximate surface area is 179 Å². The Morgan fingerprint density at radius 2 is 1.69 bits per heavy atom. The molecule has 150 valence electrons. The average Bonchev–Trinajstić information content (AvgIpc) is 2.73. The summed E-state index contributed by atoms with van der Waals surface area (Å²) in [6, 6.07) is 21.8. The molecule has 0 aromatic heterocycles. The number of sulfonamides is 1. The lowest BCUT2D eigenvalue weighted by Gasteiger charge is -2.25. The van der Waals surface area contributed by atoms with E-state index in [0.717, 1.165) is 9.20 Å². The Bertz CT molecular complexity index is 1110. The van der Waals surface area contributed by atoms with Gasteiger partial charge in [-0.15, -0.1) is 11.8 Å². The van der Waals surface area contributed by atoms with Crippen molar-refractivity contribution in [3.63, 3.8) is 0 Å². The van der Waals surface area contributed by atoms with E-state index in [1.165, 1.54) is 12.1 Å². The van der Waals surface area contributed by atoms with E-state index in [2.05, 4.69) is 5.32 Å². The van der Waals surface area contributed by atoms with Gasteiger partial charge in [0.2, 0.25) is 5.91 Å². The lowest BCUT2D eigenvalue weighted by molar-refractivity contribution is -0.114. The van der Waals surface area contributed by atoms with E-state index >= 15 is 0 Å². The molecule has 0 spiro atoms. The molecule has 29 heavy (non-hydrogen) atoms. The second-order valence-corrected chi connectivity index (χ2v) is 9.21. The smallest absolute Gasteiger partial charge is 0.264 e. The molecule has 0 atom stereocenters. The number of amides is 1. The van der Waals surface area contributed by atoms with Crippen LogP contribution in [0, 0.1) is 0 Å². The van der Waals surface area contributed by atoms with Gasteiger partial charge in [0.25, 0.3) is 10.0 Å². The summed E-state index contributed by atoms with van der Waals surface area (Å²) in [7, 11) is -3.99. The van der Waals surface area contributed by atoms with Gasteiger partial charge in [-0.3, -0.25) is 9.10 Å². The van der Waals surface area contributed by atoms with Crippen molar-refractivity contribution in [3.8, 4) is 0 Å². The molecule has 0 saturated carbocycles. The topological polar surface area (TPSA) is 66.5 Å². The second-order valence-electron chi connectivity index (χ2n) is 6.06. The molecule has 8 heteroatoms. The molecule has 0 fully saturated rings. The van der Waals surface area contributed by atoms with Crippen LogP contribution in [0.1, 0.15) is 0 Å². The Balaban J connectivity index is 1.94. The summed E-state index contributed by atoms with van der Waals surface area (Å²) < 4.78 is 27.5. The number of carbonyl (C=O) groups is 1. The molecule has 1 N–H and O–H groups in total. The zero-order valence-electron chi connectivity index (χ0n) is 15.6. The SMILES string of the molecule is CSc1cccc(NC(=O)CN(c2ccccc2Cl)S(=O)(=O)c2ccccc2)c1. The van der Waals surface area contributed by atoms with Gasteiger partial charge in [0.1, 0.15) is 6.54 Å². The molecular weight excluding hydrogens is 428 g/mol. The van der Waals surface area contributed by atoms with E-state index in [1.807, 2.05) is 24.5 Å². The number of hydrogen-bond acceptors (Lipinski definition) is 4. The fraction of sp³-hybridized carbons (Fsp3) is 0.0952. The maximum absolute atomic E-state index is 13.3. The number of rotatable bonds is 7. The summed E-state index contributed by atoms with van der Waals surface area (Å²) in [6.07, 6.45) is 1.94. The van der Waals surface area contributed by atoms with Crippen LogP contribution in [0.25, 0.3) is 0 Å². The molecule has 3 aromatic carbocycles. The number of nitrogens with one attached hydrogen (secondary N) is 1. The van der Waals surface area contributed by atoms with Gasteiger partial charge in [0, 0.05) is 10.6 Å². The monoisotopic (exact) mass is 446 g/mol. The third-order valence-corrected chi connectivity index (χ3v) is 6.91. The minimum Gasteiger partial charge on any atom is -0.324 e. The van der Waals surface area contributed by atoms with E-state index < -0.39 is 22.5 Å². The number of benzene rings is 3. The molecule has 0 aliphatic rings. The van der Waals surface area contributed by atoms with Crippen LogP contribution in [-0.4, -0.2) is 27.1 Å². The number of thioether (sulfide) groups is 1. The predicted octanol–water partition coefficient (Wildman–Crippen LogP) is 4.90. The van der Waals surface area contributed by atoms with Crippen LogP contribution >= 0.6 is 23.4 Å². The summed E-state index contributed by atoms with van der Waals surface area (Å²) in [4.78, 5) is 13.8. The number of anilines is 2. The Morgan fingerprint density at radius 1 is 1.00 bits per heavy atom. The first-order valence-corrected chi connectivity index (χ1v) is 11.7. The fourth-order valence-electron chi connectivity index (χ4n) is 2.71. The van der Waals surface area contributed by atoms with Crippen molar-refractivity contribution in [1.82, 2.24) is 0 Å². The van der Waals surface area contributed by atoms with Gasteiger partial charge >= 0.3 is 0 Å². The third-order valence-electron chi connectivity index (χ3n) is 4.09. The molecule has 0 radical (unpaired) electrons. The highest BCUT2D eigenvalue weighted by Crippen LogP contribution is 2.30. The minimum atomic E-state index is -3.99. The molecule has 3 aromatic rings. The van der Waals surface area contributed by atoms with E-state index in [4.69, 9.17) is 11.6 Å². The van der Waals surface area contributed by atoms with Gasteiger partial charge in [-0.25, -0.2) is 8.42 Å². The molecule has 3 rings (SSSR count). The fourth-order valence-corrected chi connectivity index (χ4v) is 4.91. The second kappa shape index (κ2) is 9.35. The van der Waals surface area contributed by atoms with E-state index in [1.54, 1.807) is 60.3 Å². The van der Waals surface area contributed by atoms with Gasteiger partial charge in [-0.1, -0.05) is 48.0 Å². The Morgan fingerprint density at radius 3 is 2.38 bits per heavy atom. The van der Waals surface area contributed by atoms with Gasteiger partial charge in [-0.05, 0) is 48.7 Å². The number of halogens is 1. The largest absolute Gasteiger partial charge is 0.324 e. The van der Waals surface area contributed by atoms with Crippen molar-refractivity contribution in [3.05, 3.63) is 83.9 Å². The Hall–Kier alpha value is -2.48. The van der Waals surface area contributed by atoms with Crippen LogP contribution in [0.4, 0.5) is 11.4 Å². The van der Waals surface area contributed by atoms with Crippen LogP contribution in [0.2, 0.25) is 5.02 Å². The summed E-state index contributed by atoms with van der Waals surface area (Å²) in [5, 5.41) is 3.00. The van der Waals surface area contributed by atoms with Crippen molar-refractivity contribution in [2.75, 3.05) is 22.4 Å². The predicted molar refractivity (Wildman–Crippen MR) is 119 cm³/mol. The number of nitrogens with zero attached hydrogens (tertiary/aromatic N) is 1. The highest BCUT2D eigenvalue weighted by molar-refractivity contribution is 7.98. The van der Waals surface area contributed by atoms with Crippen molar-refractivity contribution < 1.29 is 13.2 Å². The molecule has 0 heterocycles. The quantitative estimate of drug-likeness (QED) is 0.524.